The molecule has 10 heteroatoms. The fraction of sp³-hybridized carbons (Fsp3) is 0.367. The van der Waals surface area contributed by atoms with Crippen LogP contribution in [-0.2, 0) is 11.3 Å². The molecule has 2 aromatic heterocycles. The number of hydrogen-bond acceptors (Lipinski definition) is 8. The number of aromatic nitrogens is 2. The topological polar surface area (TPSA) is 71.0 Å². The van der Waals surface area contributed by atoms with E-state index in [2.05, 4.69) is 27.0 Å². The van der Waals surface area contributed by atoms with E-state index in [9.17, 15) is 4.79 Å². The van der Waals surface area contributed by atoms with E-state index in [-0.39, 0.29) is 5.82 Å². The van der Waals surface area contributed by atoms with Crippen LogP contribution in [0.25, 0.3) is 11.0 Å². The molecule has 4 heterocycles. The molecule has 0 radical (unpaired) electrons. The van der Waals surface area contributed by atoms with Crippen molar-refractivity contribution < 1.29 is 18.7 Å². The van der Waals surface area contributed by atoms with Crippen LogP contribution in [0, 0.1) is 23.6 Å². The number of piperidine rings is 1. The number of ether oxygens (including phenoxy) is 2. The summed E-state index contributed by atoms with van der Waals surface area (Å²) in [6, 6.07) is 14.9. The Balaban J connectivity index is 1.04. The molecular formula is C30H30FN5O3S. The van der Waals surface area contributed by atoms with Gasteiger partial charge in [-0.25, -0.2) is 9.18 Å². The van der Waals surface area contributed by atoms with Crippen molar-refractivity contribution in [2.24, 2.45) is 17.8 Å². The molecule has 1 amide bonds. The quantitative estimate of drug-likeness (QED) is 0.314. The minimum Gasteiger partial charge on any atom is -0.399 e. The fourth-order valence-corrected chi connectivity index (χ4v) is 6.75. The zero-order valence-corrected chi connectivity index (χ0v) is 22.8. The van der Waals surface area contributed by atoms with Gasteiger partial charge in [0.2, 0.25) is 0 Å². The van der Waals surface area contributed by atoms with Crippen LogP contribution in [0.2, 0.25) is 0 Å². The minimum atomic E-state index is -0.472. The number of carbonyl (C=O) groups excluding carboxylic acids is 1. The van der Waals surface area contributed by atoms with Gasteiger partial charge in [-0.3, -0.25) is 19.8 Å². The molecule has 2 atom stereocenters. The molecule has 0 spiro atoms. The van der Waals surface area contributed by atoms with Crippen LogP contribution in [0.1, 0.15) is 5.56 Å². The van der Waals surface area contributed by atoms with E-state index < -0.39 is 6.09 Å². The first-order chi connectivity index (χ1) is 19.6. The molecule has 3 fully saturated rings. The van der Waals surface area contributed by atoms with Gasteiger partial charge < -0.3 is 14.4 Å². The predicted molar refractivity (Wildman–Crippen MR) is 152 cm³/mol. The number of fused-ring (bicyclic) bond motifs is 2. The van der Waals surface area contributed by atoms with Gasteiger partial charge in [-0.1, -0.05) is 6.07 Å². The maximum absolute atomic E-state index is 15.3. The van der Waals surface area contributed by atoms with E-state index in [0.717, 1.165) is 30.7 Å². The summed E-state index contributed by atoms with van der Waals surface area (Å²) in [5, 5.41) is 2.40. The summed E-state index contributed by atoms with van der Waals surface area (Å²) in [5.41, 5.74) is 4.10. The molecule has 1 saturated carbocycles. The lowest BCUT2D eigenvalue weighted by Crippen LogP contribution is -2.38. The molecule has 0 bridgehead atoms. The number of benzene rings is 2. The van der Waals surface area contributed by atoms with Crippen LogP contribution >= 0.6 is 11.3 Å². The van der Waals surface area contributed by atoms with Crippen molar-refractivity contribution in [3.63, 3.8) is 0 Å². The highest BCUT2D eigenvalue weighted by Gasteiger charge is 2.56. The lowest BCUT2D eigenvalue weighted by Gasteiger charge is -2.30. The Morgan fingerprint density at radius 3 is 2.60 bits per heavy atom. The smallest absolute Gasteiger partial charge is 0.399 e. The van der Waals surface area contributed by atoms with Crippen molar-refractivity contribution in [2.75, 3.05) is 55.7 Å². The van der Waals surface area contributed by atoms with E-state index in [1.54, 1.807) is 29.4 Å². The first-order valence-electron chi connectivity index (χ1n) is 13.7. The zero-order valence-electron chi connectivity index (χ0n) is 22.0. The SMILES string of the molecule is O=C(Oc1cccs1)N(CC1C2CN(Cc3ccc4nccnc4c3)CC21)c1ccc(N2CCOCC2)c(F)c1. The predicted octanol–water partition coefficient (Wildman–Crippen LogP) is 5.05. The maximum atomic E-state index is 15.3. The van der Waals surface area contributed by atoms with Gasteiger partial charge in [-0.2, -0.15) is 0 Å². The van der Waals surface area contributed by atoms with Crippen molar-refractivity contribution in [1.29, 1.82) is 0 Å². The van der Waals surface area contributed by atoms with Crippen molar-refractivity contribution in [1.82, 2.24) is 14.9 Å². The number of halogens is 1. The van der Waals surface area contributed by atoms with Crippen LogP contribution in [0.3, 0.4) is 0 Å². The number of amides is 1. The van der Waals surface area contributed by atoms with E-state index in [0.29, 0.717) is 67.0 Å². The molecule has 3 aliphatic rings. The van der Waals surface area contributed by atoms with Crippen molar-refractivity contribution in [3.8, 4) is 5.06 Å². The van der Waals surface area contributed by atoms with Crippen molar-refractivity contribution >= 4 is 39.8 Å². The third-order valence-electron chi connectivity index (χ3n) is 8.28. The van der Waals surface area contributed by atoms with Gasteiger partial charge in [0.15, 0.2) is 5.06 Å². The van der Waals surface area contributed by atoms with Gasteiger partial charge >= 0.3 is 6.09 Å². The Bertz CT molecular complexity index is 1500. The number of rotatable bonds is 7. The summed E-state index contributed by atoms with van der Waals surface area (Å²) in [4.78, 5) is 28.2. The summed E-state index contributed by atoms with van der Waals surface area (Å²) >= 11 is 1.36. The van der Waals surface area contributed by atoms with Gasteiger partial charge in [-0.15, -0.1) is 11.3 Å². The van der Waals surface area contributed by atoms with Crippen molar-refractivity contribution in [2.45, 2.75) is 6.54 Å². The Morgan fingerprint density at radius 1 is 1.05 bits per heavy atom. The standard InChI is InChI=1S/C30H30FN5O3S/c31-25-15-21(4-6-28(25)35-9-11-38-12-10-35)36(30(37)39-29-2-1-13-40-29)19-24-22-17-34(18-23(22)24)16-20-3-5-26-27(14-20)33-8-7-32-26/h1-8,13-15,22-24H,9-12,16-19H2. The normalized spacial score (nSPS) is 22.3. The second-order valence-corrected chi connectivity index (χ2v) is 11.6. The number of thiophene rings is 1. The third-order valence-corrected chi connectivity index (χ3v) is 9.02. The van der Waals surface area contributed by atoms with E-state index in [1.807, 2.05) is 28.5 Å². The van der Waals surface area contributed by atoms with Gasteiger partial charge in [0, 0.05) is 51.7 Å². The molecule has 7 rings (SSSR count). The fourth-order valence-electron chi connectivity index (χ4n) is 6.19. The van der Waals surface area contributed by atoms with Crippen LogP contribution in [0.4, 0.5) is 20.6 Å². The third kappa shape index (κ3) is 5.14. The molecule has 1 aliphatic carbocycles. The molecule has 2 aliphatic heterocycles. The second kappa shape index (κ2) is 10.8. The summed E-state index contributed by atoms with van der Waals surface area (Å²) in [7, 11) is 0. The molecule has 40 heavy (non-hydrogen) atoms. The first kappa shape index (κ1) is 25.4. The Hall–Kier alpha value is -3.60. The van der Waals surface area contributed by atoms with Crippen LogP contribution < -0.4 is 14.5 Å². The minimum absolute atomic E-state index is 0.337. The molecule has 4 aromatic rings. The van der Waals surface area contributed by atoms with Crippen molar-refractivity contribution in [3.05, 3.63) is 77.7 Å². The lowest BCUT2D eigenvalue weighted by molar-refractivity contribution is 0.122. The van der Waals surface area contributed by atoms with E-state index in [4.69, 9.17) is 9.47 Å². The summed E-state index contributed by atoms with van der Waals surface area (Å²) < 4.78 is 26.4. The number of carbonyl (C=O) groups is 1. The summed E-state index contributed by atoms with van der Waals surface area (Å²) in [6.45, 7) is 5.79. The first-order valence-corrected chi connectivity index (χ1v) is 14.6. The Labute approximate surface area is 236 Å². The summed E-state index contributed by atoms with van der Waals surface area (Å²) in [5.74, 6) is 1.04. The van der Waals surface area contributed by atoms with E-state index >= 15 is 4.39 Å². The number of nitrogens with zero attached hydrogens (tertiary/aromatic N) is 5. The number of hydrogen-bond donors (Lipinski definition) is 0. The molecule has 2 saturated heterocycles. The average Bonchev–Trinajstić information content (AvgIpc) is 3.31. The average molecular weight is 560 g/mol. The second-order valence-electron chi connectivity index (χ2n) is 10.7. The summed E-state index contributed by atoms with van der Waals surface area (Å²) in [6.07, 6.45) is 2.96. The molecule has 0 N–H and O–H groups in total. The molecule has 2 unspecified atom stereocenters. The molecule has 2 aromatic carbocycles. The van der Waals surface area contributed by atoms with Gasteiger partial charge in [0.05, 0.1) is 35.6 Å². The van der Waals surface area contributed by atoms with Crippen LogP contribution in [-0.4, -0.2) is 66.9 Å². The number of anilines is 2. The highest BCUT2D eigenvalue weighted by atomic mass is 32.1. The Kier molecular flexibility index (Phi) is 6.82. The molecule has 206 valence electrons. The van der Waals surface area contributed by atoms with Gasteiger partial charge in [-0.05, 0) is 71.2 Å². The largest absolute Gasteiger partial charge is 0.420 e. The Morgan fingerprint density at radius 2 is 1.85 bits per heavy atom. The molecular weight excluding hydrogens is 529 g/mol. The number of morpholine rings is 1. The molecule has 8 nitrogen and oxygen atoms in total. The van der Waals surface area contributed by atoms with Gasteiger partial charge in [0.1, 0.15) is 5.82 Å². The maximum Gasteiger partial charge on any atom is 0.420 e. The van der Waals surface area contributed by atoms with Crippen LogP contribution in [0.15, 0.2) is 66.3 Å². The highest BCUT2D eigenvalue weighted by molar-refractivity contribution is 7.11. The number of likely N-dealkylation sites (tertiary alicyclic amines) is 1. The van der Waals surface area contributed by atoms with Gasteiger partial charge in [0.25, 0.3) is 0 Å². The zero-order chi connectivity index (χ0) is 27.1. The lowest BCUT2D eigenvalue weighted by atomic mass is 10.1. The highest BCUT2D eigenvalue weighted by Crippen LogP contribution is 2.52. The van der Waals surface area contributed by atoms with E-state index in [1.165, 1.54) is 23.0 Å². The monoisotopic (exact) mass is 559 g/mol. The van der Waals surface area contributed by atoms with Crippen LogP contribution in [0.5, 0.6) is 5.06 Å².